The molecule has 2 rings (SSSR count). The van der Waals surface area contributed by atoms with E-state index in [4.69, 9.17) is 12.2 Å². The topological polar surface area (TPSA) is 20.7 Å². The number of rotatable bonds is 1. The minimum absolute atomic E-state index is 0.0912. The van der Waals surface area contributed by atoms with Crippen LogP contribution in [0.25, 0.3) is 5.69 Å². The lowest BCUT2D eigenvalue weighted by Crippen LogP contribution is -2.01. The van der Waals surface area contributed by atoms with Gasteiger partial charge in [0.1, 0.15) is 11.6 Å². The molecule has 0 amide bonds. The molecule has 6 heteroatoms. The fourth-order valence-electron chi connectivity index (χ4n) is 1.44. The normalized spacial score (nSPS) is 10.8. The van der Waals surface area contributed by atoms with E-state index in [1.54, 1.807) is 13.1 Å². The SMILES string of the molecule is Cc1c[nH]c(=S)n1-c1cc(F)c(Br)cc1F. The van der Waals surface area contributed by atoms with E-state index in [0.717, 1.165) is 12.1 Å². The van der Waals surface area contributed by atoms with Gasteiger partial charge in [-0.05, 0) is 41.1 Å². The van der Waals surface area contributed by atoms with Crippen molar-refractivity contribution in [1.82, 2.24) is 9.55 Å². The van der Waals surface area contributed by atoms with Crippen LogP contribution < -0.4 is 0 Å². The molecule has 0 unspecified atom stereocenters. The van der Waals surface area contributed by atoms with Crippen LogP contribution in [0.1, 0.15) is 5.69 Å². The van der Waals surface area contributed by atoms with Crippen molar-refractivity contribution in [1.29, 1.82) is 0 Å². The molecular weight excluding hydrogens is 298 g/mol. The first-order chi connectivity index (χ1) is 7.50. The highest BCUT2D eigenvalue weighted by Gasteiger charge is 2.12. The monoisotopic (exact) mass is 304 g/mol. The van der Waals surface area contributed by atoms with Gasteiger partial charge in [-0.25, -0.2) is 8.78 Å². The Morgan fingerprint density at radius 3 is 2.56 bits per heavy atom. The van der Waals surface area contributed by atoms with Crippen LogP contribution in [-0.2, 0) is 0 Å². The number of benzene rings is 1. The molecule has 1 heterocycles. The van der Waals surface area contributed by atoms with E-state index in [1.807, 2.05) is 0 Å². The Morgan fingerprint density at radius 1 is 1.31 bits per heavy atom. The van der Waals surface area contributed by atoms with Crippen LogP contribution in [0.15, 0.2) is 22.8 Å². The predicted octanol–water partition coefficient (Wildman–Crippen LogP) is 3.88. The average Bonchev–Trinajstić information content (AvgIpc) is 2.53. The molecule has 0 fully saturated rings. The highest BCUT2D eigenvalue weighted by Crippen LogP contribution is 2.23. The van der Waals surface area contributed by atoms with E-state index in [-0.39, 0.29) is 10.2 Å². The maximum absolute atomic E-state index is 13.7. The molecule has 0 spiro atoms. The Labute approximate surface area is 104 Å². The molecule has 0 saturated carbocycles. The lowest BCUT2D eigenvalue weighted by atomic mass is 10.3. The van der Waals surface area contributed by atoms with Crippen LogP contribution in [0.2, 0.25) is 0 Å². The first-order valence-corrected chi connectivity index (χ1v) is 5.63. The second-order valence-corrected chi connectivity index (χ2v) is 4.53. The van der Waals surface area contributed by atoms with Crippen molar-refractivity contribution < 1.29 is 8.78 Å². The van der Waals surface area contributed by atoms with Crippen molar-refractivity contribution >= 4 is 28.1 Å². The first-order valence-electron chi connectivity index (χ1n) is 4.42. The summed E-state index contributed by atoms with van der Waals surface area (Å²) in [7, 11) is 0. The van der Waals surface area contributed by atoms with Gasteiger partial charge in [0.05, 0.1) is 10.2 Å². The quantitative estimate of drug-likeness (QED) is 0.626. The Morgan fingerprint density at radius 2 is 2.00 bits per heavy atom. The second-order valence-electron chi connectivity index (χ2n) is 3.29. The number of imidazole rings is 1. The summed E-state index contributed by atoms with van der Waals surface area (Å²) in [5.41, 5.74) is 0.815. The third kappa shape index (κ3) is 1.82. The lowest BCUT2D eigenvalue weighted by molar-refractivity contribution is 0.586. The Balaban J connectivity index is 2.74. The number of H-pyrrole nitrogens is 1. The lowest BCUT2D eigenvalue weighted by Gasteiger charge is -2.07. The van der Waals surface area contributed by atoms with E-state index in [1.165, 1.54) is 4.57 Å². The highest BCUT2D eigenvalue weighted by molar-refractivity contribution is 9.10. The van der Waals surface area contributed by atoms with Crippen LogP contribution in [0.3, 0.4) is 0 Å². The molecule has 0 aliphatic carbocycles. The van der Waals surface area contributed by atoms with Gasteiger partial charge >= 0.3 is 0 Å². The fourth-order valence-corrected chi connectivity index (χ4v) is 2.05. The number of hydrogen-bond donors (Lipinski definition) is 1. The standard InChI is InChI=1S/C10H7BrF2N2S/c1-5-4-14-10(16)15(5)9-3-7(12)6(11)2-8(9)13/h2-4H,1H3,(H,14,16). The molecule has 1 N–H and O–H groups in total. The average molecular weight is 305 g/mol. The number of halogens is 3. The zero-order valence-corrected chi connectivity index (χ0v) is 10.6. The number of aromatic amines is 1. The summed E-state index contributed by atoms with van der Waals surface area (Å²) in [4.78, 5) is 2.77. The largest absolute Gasteiger partial charge is 0.337 e. The third-order valence-corrected chi connectivity index (χ3v) is 3.10. The molecule has 0 bridgehead atoms. The van der Waals surface area contributed by atoms with E-state index in [9.17, 15) is 8.78 Å². The van der Waals surface area contributed by atoms with E-state index < -0.39 is 11.6 Å². The maximum atomic E-state index is 13.7. The Hall–Kier alpha value is -1.01. The van der Waals surface area contributed by atoms with Gasteiger partial charge in [0.15, 0.2) is 4.77 Å². The Kier molecular flexibility index (Phi) is 2.94. The fraction of sp³-hybridized carbons (Fsp3) is 0.100. The van der Waals surface area contributed by atoms with Crippen molar-refractivity contribution in [3.63, 3.8) is 0 Å². The van der Waals surface area contributed by atoms with Crippen LogP contribution in [-0.4, -0.2) is 9.55 Å². The van der Waals surface area contributed by atoms with Crippen LogP contribution >= 0.6 is 28.1 Å². The van der Waals surface area contributed by atoms with Gasteiger partial charge in [-0.15, -0.1) is 0 Å². The van der Waals surface area contributed by atoms with Gasteiger partial charge in [0, 0.05) is 18.0 Å². The summed E-state index contributed by atoms with van der Waals surface area (Å²) >= 11 is 7.92. The maximum Gasteiger partial charge on any atom is 0.182 e. The summed E-state index contributed by atoms with van der Waals surface area (Å²) in [5.74, 6) is -1.06. The molecule has 2 aromatic rings. The molecule has 0 aliphatic rings. The molecule has 0 radical (unpaired) electrons. The Bertz CT molecular complexity index is 603. The first kappa shape index (κ1) is 11.5. The minimum Gasteiger partial charge on any atom is -0.337 e. The van der Waals surface area contributed by atoms with Gasteiger partial charge in [-0.3, -0.25) is 4.57 Å². The summed E-state index contributed by atoms with van der Waals surface area (Å²) < 4.78 is 28.9. The van der Waals surface area contributed by atoms with Crippen molar-refractivity contribution in [3.8, 4) is 5.69 Å². The van der Waals surface area contributed by atoms with Crippen LogP contribution in [0.4, 0.5) is 8.78 Å². The molecular formula is C10H7BrF2N2S. The molecule has 0 saturated heterocycles. The molecule has 1 aromatic carbocycles. The molecule has 0 aliphatic heterocycles. The molecule has 16 heavy (non-hydrogen) atoms. The number of aryl methyl sites for hydroxylation is 1. The zero-order chi connectivity index (χ0) is 11.9. The predicted molar refractivity (Wildman–Crippen MR) is 63.3 cm³/mol. The van der Waals surface area contributed by atoms with Crippen molar-refractivity contribution in [2.45, 2.75) is 6.92 Å². The summed E-state index contributed by atoms with van der Waals surface area (Å²) in [6.45, 7) is 1.76. The van der Waals surface area contributed by atoms with Crippen molar-refractivity contribution in [2.75, 3.05) is 0 Å². The minimum atomic E-state index is -0.535. The van der Waals surface area contributed by atoms with Gasteiger partial charge in [0.25, 0.3) is 0 Å². The number of nitrogens with one attached hydrogen (secondary N) is 1. The van der Waals surface area contributed by atoms with Crippen LogP contribution in [0.5, 0.6) is 0 Å². The number of nitrogens with zero attached hydrogens (tertiary/aromatic N) is 1. The van der Waals surface area contributed by atoms with E-state index in [2.05, 4.69) is 20.9 Å². The number of aromatic nitrogens is 2. The molecule has 2 nitrogen and oxygen atoms in total. The van der Waals surface area contributed by atoms with Crippen molar-refractivity contribution in [2.24, 2.45) is 0 Å². The molecule has 1 aromatic heterocycles. The van der Waals surface area contributed by atoms with Gasteiger partial charge in [-0.1, -0.05) is 0 Å². The summed E-state index contributed by atoms with van der Waals surface area (Å²) in [6, 6.07) is 2.19. The number of hydrogen-bond acceptors (Lipinski definition) is 1. The summed E-state index contributed by atoms with van der Waals surface area (Å²) in [6.07, 6.45) is 1.64. The molecule has 84 valence electrons. The molecule has 0 atom stereocenters. The smallest absolute Gasteiger partial charge is 0.182 e. The van der Waals surface area contributed by atoms with Gasteiger partial charge < -0.3 is 4.98 Å². The van der Waals surface area contributed by atoms with Gasteiger partial charge in [0.2, 0.25) is 0 Å². The summed E-state index contributed by atoms with van der Waals surface area (Å²) in [5, 5.41) is 0. The van der Waals surface area contributed by atoms with Crippen molar-refractivity contribution in [3.05, 3.63) is 44.9 Å². The van der Waals surface area contributed by atoms with Gasteiger partial charge in [-0.2, -0.15) is 0 Å². The van der Waals surface area contributed by atoms with Crippen LogP contribution in [0, 0.1) is 23.3 Å². The third-order valence-electron chi connectivity index (χ3n) is 2.19. The second kappa shape index (κ2) is 4.10. The highest BCUT2D eigenvalue weighted by atomic mass is 79.9. The van der Waals surface area contributed by atoms with E-state index in [0.29, 0.717) is 10.5 Å². The zero-order valence-electron chi connectivity index (χ0n) is 8.22. The van der Waals surface area contributed by atoms with E-state index >= 15 is 0 Å².